The highest BCUT2D eigenvalue weighted by atomic mass is 16.1. The predicted molar refractivity (Wildman–Crippen MR) is 48.7 cm³/mol. The van der Waals surface area contributed by atoms with E-state index in [-0.39, 0.29) is 5.92 Å². The van der Waals surface area contributed by atoms with Crippen molar-refractivity contribution in [3.63, 3.8) is 0 Å². The molecule has 0 spiro atoms. The molecular formula is C11H14O. The zero-order valence-corrected chi connectivity index (χ0v) is 7.63. The van der Waals surface area contributed by atoms with Gasteiger partial charge in [-0.2, -0.15) is 0 Å². The number of rotatable bonds is 1. The summed E-state index contributed by atoms with van der Waals surface area (Å²) in [5.74, 6) is 1.09. The number of carbonyl (C=O) groups is 1. The second-order valence-electron chi connectivity index (χ2n) is 3.74. The quantitative estimate of drug-likeness (QED) is 0.541. The highest BCUT2D eigenvalue weighted by Gasteiger charge is 2.38. The number of ketones is 1. The molecule has 1 nitrogen and oxygen atoms in total. The summed E-state index contributed by atoms with van der Waals surface area (Å²) in [5, 5.41) is 0. The molecule has 0 aromatic rings. The van der Waals surface area contributed by atoms with E-state index in [0.29, 0.717) is 11.7 Å². The molecule has 0 radical (unpaired) electrons. The van der Waals surface area contributed by atoms with Gasteiger partial charge in [0.15, 0.2) is 5.78 Å². The third-order valence-corrected chi connectivity index (χ3v) is 3.11. The van der Waals surface area contributed by atoms with Gasteiger partial charge in [0.2, 0.25) is 0 Å². The van der Waals surface area contributed by atoms with Crippen molar-refractivity contribution in [3.8, 4) is 0 Å². The predicted octanol–water partition coefficient (Wildman–Crippen LogP) is 2.49. The van der Waals surface area contributed by atoms with Gasteiger partial charge >= 0.3 is 0 Å². The van der Waals surface area contributed by atoms with E-state index in [0.717, 1.165) is 12.8 Å². The number of fused-ring (bicyclic) bond motifs is 1. The van der Waals surface area contributed by atoms with Crippen LogP contribution in [0.2, 0.25) is 0 Å². The maximum atomic E-state index is 11.5. The van der Waals surface area contributed by atoms with E-state index in [1.54, 1.807) is 0 Å². The lowest BCUT2D eigenvalue weighted by atomic mass is 9.89. The van der Waals surface area contributed by atoms with Crippen molar-refractivity contribution >= 4 is 5.78 Å². The van der Waals surface area contributed by atoms with E-state index in [9.17, 15) is 4.79 Å². The summed E-state index contributed by atoms with van der Waals surface area (Å²) in [6, 6.07) is 0. The van der Waals surface area contributed by atoms with E-state index >= 15 is 0 Å². The summed E-state index contributed by atoms with van der Waals surface area (Å²) < 4.78 is 0. The molecule has 0 unspecified atom stereocenters. The second kappa shape index (κ2) is 2.58. The van der Waals surface area contributed by atoms with E-state index in [2.05, 4.69) is 19.9 Å². The Morgan fingerprint density at radius 3 is 3.00 bits per heavy atom. The van der Waals surface area contributed by atoms with Crippen LogP contribution in [0.25, 0.3) is 0 Å². The number of carbonyl (C=O) groups excluding carboxylic acids is 1. The zero-order chi connectivity index (χ0) is 8.72. The number of hydrogen-bond acceptors (Lipinski definition) is 1. The Bertz CT molecular complexity index is 283. The molecule has 12 heavy (non-hydrogen) atoms. The molecule has 0 saturated carbocycles. The Balaban J connectivity index is 2.29. The average molecular weight is 162 g/mol. The SMILES string of the molecule is CCC1=CC[C@@H]2C(C)=CC(=O)[C@H]12. The van der Waals surface area contributed by atoms with Gasteiger partial charge < -0.3 is 0 Å². The van der Waals surface area contributed by atoms with Gasteiger partial charge in [0.25, 0.3) is 0 Å². The third kappa shape index (κ3) is 0.889. The van der Waals surface area contributed by atoms with Crippen molar-refractivity contribution in [2.24, 2.45) is 11.8 Å². The van der Waals surface area contributed by atoms with Crippen LogP contribution in [0.4, 0.5) is 0 Å². The van der Waals surface area contributed by atoms with E-state index in [1.807, 2.05) is 6.08 Å². The molecule has 2 aliphatic rings. The molecule has 0 bridgehead atoms. The van der Waals surface area contributed by atoms with Gasteiger partial charge in [-0.1, -0.05) is 24.1 Å². The van der Waals surface area contributed by atoms with Crippen LogP contribution in [0.1, 0.15) is 26.7 Å². The molecule has 0 aliphatic heterocycles. The molecule has 0 N–H and O–H groups in total. The van der Waals surface area contributed by atoms with Crippen LogP contribution in [0, 0.1) is 11.8 Å². The Hall–Kier alpha value is -0.850. The topological polar surface area (TPSA) is 17.1 Å². The fourth-order valence-electron chi connectivity index (χ4n) is 2.42. The number of hydrogen-bond donors (Lipinski definition) is 0. The minimum Gasteiger partial charge on any atom is -0.294 e. The molecule has 0 saturated heterocycles. The fraction of sp³-hybridized carbons (Fsp3) is 0.545. The van der Waals surface area contributed by atoms with E-state index in [4.69, 9.17) is 0 Å². The fourth-order valence-corrected chi connectivity index (χ4v) is 2.42. The van der Waals surface area contributed by atoms with Gasteiger partial charge in [-0.25, -0.2) is 0 Å². The van der Waals surface area contributed by atoms with Crippen molar-refractivity contribution in [3.05, 3.63) is 23.3 Å². The zero-order valence-electron chi connectivity index (χ0n) is 7.63. The molecule has 0 heterocycles. The lowest BCUT2D eigenvalue weighted by Gasteiger charge is -2.13. The molecular weight excluding hydrogens is 148 g/mol. The van der Waals surface area contributed by atoms with Crippen LogP contribution < -0.4 is 0 Å². The van der Waals surface area contributed by atoms with Crippen LogP contribution in [-0.2, 0) is 4.79 Å². The highest BCUT2D eigenvalue weighted by Crippen LogP contribution is 2.42. The molecule has 0 aromatic carbocycles. The largest absolute Gasteiger partial charge is 0.294 e. The van der Waals surface area contributed by atoms with Crippen molar-refractivity contribution in [2.45, 2.75) is 26.7 Å². The monoisotopic (exact) mass is 162 g/mol. The first-order chi connectivity index (χ1) is 5.74. The molecule has 2 rings (SSSR count). The molecule has 64 valence electrons. The van der Waals surface area contributed by atoms with Crippen LogP contribution in [0.15, 0.2) is 23.3 Å². The minimum absolute atomic E-state index is 0.231. The van der Waals surface area contributed by atoms with Crippen molar-refractivity contribution in [2.75, 3.05) is 0 Å². The van der Waals surface area contributed by atoms with E-state index < -0.39 is 0 Å². The van der Waals surface area contributed by atoms with Gasteiger partial charge in [-0.05, 0) is 31.8 Å². The molecule has 1 heteroatoms. The minimum atomic E-state index is 0.231. The number of allylic oxidation sites excluding steroid dienone is 4. The smallest absolute Gasteiger partial charge is 0.163 e. The molecule has 2 atom stereocenters. The van der Waals surface area contributed by atoms with Crippen LogP contribution in [0.5, 0.6) is 0 Å². The van der Waals surface area contributed by atoms with E-state index in [1.165, 1.54) is 11.1 Å². The molecule has 2 aliphatic carbocycles. The first-order valence-electron chi connectivity index (χ1n) is 4.65. The van der Waals surface area contributed by atoms with Crippen LogP contribution in [-0.4, -0.2) is 5.78 Å². The van der Waals surface area contributed by atoms with Gasteiger partial charge in [0.1, 0.15) is 0 Å². The third-order valence-electron chi connectivity index (χ3n) is 3.11. The lowest BCUT2D eigenvalue weighted by Crippen LogP contribution is -2.13. The summed E-state index contributed by atoms with van der Waals surface area (Å²) in [6.45, 7) is 4.21. The van der Waals surface area contributed by atoms with Gasteiger partial charge in [-0.15, -0.1) is 0 Å². The highest BCUT2D eigenvalue weighted by molar-refractivity contribution is 5.98. The average Bonchev–Trinajstić information content (AvgIpc) is 2.55. The summed E-state index contributed by atoms with van der Waals surface area (Å²) in [6.07, 6.45) is 6.21. The molecule has 0 fully saturated rings. The Labute approximate surface area is 73.2 Å². The molecule has 0 amide bonds. The first kappa shape index (κ1) is 7.78. The normalized spacial score (nSPS) is 33.3. The second-order valence-corrected chi connectivity index (χ2v) is 3.74. The van der Waals surface area contributed by atoms with Crippen molar-refractivity contribution in [1.82, 2.24) is 0 Å². The van der Waals surface area contributed by atoms with Crippen molar-refractivity contribution < 1.29 is 4.79 Å². The van der Waals surface area contributed by atoms with Gasteiger partial charge in [0, 0.05) is 5.92 Å². The first-order valence-corrected chi connectivity index (χ1v) is 4.65. The van der Waals surface area contributed by atoms with Crippen molar-refractivity contribution in [1.29, 1.82) is 0 Å². The van der Waals surface area contributed by atoms with Gasteiger partial charge in [0.05, 0.1) is 0 Å². The summed E-state index contributed by atoms with van der Waals surface area (Å²) in [7, 11) is 0. The summed E-state index contributed by atoms with van der Waals surface area (Å²) in [4.78, 5) is 11.5. The Kier molecular flexibility index (Phi) is 1.67. The lowest BCUT2D eigenvalue weighted by molar-refractivity contribution is -0.117. The van der Waals surface area contributed by atoms with Crippen LogP contribution >= 0.6 is 0 Å². The summed E-state index contributed by atoms with van der Waals surface area (Å²) >= 11 is 0. The molecule has 0 aromatic heterocycles. The maximum absolute atomic E-state index is 11.5. The summed E-state index contributed by atoms with van der Waals surface area (Å²) in [5.41, 5.74) is 2.64. The Morgan fingerprint density at radius 2 is 2.33 bits per heavy atom. The standard InChI is InChI=1S/C11H14O/c1-3-8-4-5-9-7(2)6-10(12)11(8)9/h4,6,9,11H,3,5H2,1-2H3/t9-,11-/m1/s1. The Morgan fingerprint density at radius 1 is 1.58 bits per heavy atom. The van der Waals surface area contributed by atoms with Gasteiger partial charge in [-0.3, -0.25) is 4.79 Å². The van der Waals surface area contributed by atoms with Crippen LogP contribution in [0.3, 0.4) is 0 Å². The maximum Gasteiger partial charge on any atom is 0.163 e.